The molecule has 172 valence electrons. The van der Waals surface area contributed by atoms with Crippen molar-refractivity contribution >= 4 is 16.9 Å². The number of carbonyl (C=O) groups excluding carboxylic acids is 1. The van der Waals surface area contributed by atoms with Crippen LogP contribution in [0, 0.1) is 6.92 Å². The molecule has 0 fully saturated rings. The van der Waals surface area contributed by atoms with E-state index in [1.807, 2.05) is 5.32 Å². The molecule has 1 atom stereocenters. The van der Waals surface area contributed by atoms with Crippen LogP contribution >= 0.6 is 0 Å². The van der Waals surface area contributed by atoms with Gasteiger partial charge in [-0.1, -0.05) is 18.2 Å². The molecule has 4 aromatic rings. The maximum absolute atomic E-state index is 14.5. The summed E-state index contributed by atoms with van der Waals surface area (Å²) in [4.78, 5) is 16.9. The molecule has 12 heteroatoms. The lowest BCUT2D eigenvalue weighted by molar-refractivity contribution is -0.317. The van der Waals surface area contributed by atoms with E-state index >= 15 is 0 Å². The van der Waals surface area contributed by atoms with Crippen LogP contribution in [0.15, 0.2) is 52.9 Å². The maximum Gasteiger partial charge on any atom is 0.459 e. The molecule has 33 heavy (non-hydrogen) atoms. The van der Waals surface area contributed by atoms with Crippen molar-refractivity contribution in [1.29, 1.82) is 0 Å². The summed E-state index contributed by atoms with van der Waals surface area (Å²) in [5, 5.41) is 9.62. The van der Waals surface area contributed by atoms with E-state index in [9.17, 15) is 18.0 Å². The molecular weight excluding hydrogens is 443 g/mol. The number of imidazole rings is 1. The lowest BCUT2D eigenvalue weighted by Gasteiger charge is -2.36. The zero-order chi connectivity index (χ0) is 23.8. The Hall–Kier alpha value is -3.93. The van der Waals surface area contributed by atoms with Crippen LogP contribution in [0.1, 0.15) is 16.2 Å². The number of aromatic nitrogens is 4. The summed E-state index contributed by atoms with van der Waals surface area (Å²) in [5.74, 6) is -3.82. The summed E-state index contributed by atoms with van der Waals surface area (Å²) >= 11 is 0. The molecule has 0 aliphatic heterocycles. The second-order valence-corrected chi connectivity index (χ2v) is 6.93. The molecule has 4 rings (SSSR count). The third kappa shape index (κ3) is 3.78. The van der Waals surface area contributed by atoms with Crippen molar-refractivity contribution in [2.24, 2.45) is 0 Å². The van der Waals surface area contributed by atoms with E-state index in [1.165, 1.54) is 42.5 Å². The van der Waals surface area contributed by atoms with Crippen LogP contribution in [-0.4, -0.2) is 46.1 Å². The summed E-state index contributed by atoms with van der Waals surface area (Å²) in [5.41, 5.74) is 0.568. The first-order valence-corrected chi connectivity index (χ1v) is 9.57. The first-order chi connectivity index (χ1) is 15.7. The second kappa shape index (κ2) is 8.20. The molecule has 0 aliphatic carbocycles. The summed E-state index contributed by atoms with van der Waals surface area (Å²) in [7, 11) is 2.00. The minimum Gasteiger partial charge on any atom is -0.468 e. The number of alkyl halides is 3. The largest absolute Gasteiger partial charge is 0.468 e. The number of rotatable bonds is 6. The number of methoxy groups -OCH3 is 2. The van der Waals surface area contributed by atoms with Crippen molar-refractivity contribution in [1.82, 2.24) is 25.1 Å². The Balaban J connectivity index is 1.89. The van der Waals surface area contributed by atoms with Crippen molar-refractivity contribution in [3.05, 3.63) is 60.0 Å². The van der Waals surface area contributed by atoms with Crippen molar-refractivity contribution in [3.8, 4) is 17.5 Å². The molecule has 9 nitrogen and oxygen atoms in total. The van der Waals surface area contributed by atoms with Crippen LogP contribution in [-0.2, 0) is 10.6 Å². The topological polar surface area (TPSA) is 104 Å². The number of fused-ring (bicyclic) bond motifs is 1. The van der Waals surface area contributed by atoms with Gasteiger partial charge in [-0.25, -0.2) is 4.57 Å². The summed E-state index contributed by atoms with van der Waals surface area (Å²) in [6.45, 7) is 1.61. The van der Waals surface area contributed by atoms with Gasteiger partial charge in [-0.15, -0.1) is 10.2 Å². The van der Waals surface area contributed by atoms with E-state index in [4.69, 9.17) is 13.9 Å². The second-order valence-electron chi connectivity index (χ2n) is 6.93. The third-order valence-electron chi connectivity index (χ3n) is 4.89. The average molecular weight is 461 g/mol. The number of hydrogen-bond donors (Lipinski definition) is 1. The third-order valence-corrected chi connectivity index (χ3v) is 4.89. The first kappa shape index (κ1) is 22.3. The minimum atomic E-state index is -5.10. The zero-order valence-electron chi connectivity index (χ0n) is 17.7. The normalized spacial score (nSPS) is 13.6. The van der Waals surface area contributed by atoms with Gasteiger partial charge in [0.05, 0.1) is 18.1 Å². The van der Waals surface area contributed by atoms with Crippen molar-refractivity contribution in [2.45, 2.75) is 18.9 Å². The van der Waals surface area contributed by atoms with Gasteiger partial charge in [-0.3, -0.25) is 10.1 Å². The van der Waals surface area contributed by atoms with E-state index in [-0.39, 0.29) is 22.5 Å². The van der Waals surface area contributed by atoms with Gasteiger partial charge in [0.2, 0.25) is 11.8 Å². The van der Waals surface area contributed by atoms with Gasteiger partial charge in [0.15, 0.2) is 0 Å². The summed E-state index contributed by atoms with van der Waals surface area (Å²) in [6.07, 6.45) is -5.10. The molecule has 0 saturated carbocycles. The number of benzene rings is 2. The SMILES string of the molecule is COc1nc2cc(-c3nnc(C)o3)ccc2n1C(NC(=O)c1ccccc1)(OC)C(F)(F)F. The molecular formula is C21H18F3N5O4. The maximum atomic E-state index is 14.5. The van der Waals surface area contributed by atoms with E-state index in [1.54, 1.807) is 13.0 Å². The molecule has 0 spiro atoms. The smallest absolute Gasteiger partial charge is 0.459 e. The monoisotopic (exact) mass is 461 g/mol. The predicted molar refractivity (Wildman–Crippen MR) is 109 cm³/mol. The lowest BCUT2D eigenvalue weighted by atomic mass is 10.2. The number of hydrogen-bond acceptors (Lipinski definition) is 7. The van der Waals surface area contributed by atoms with Crippen molar-refractivity contribution < 1.29 is 31.9 Å². The van der Waals surface area contributed by atoms with Gasteiger partial charge in [0.1, 0.15) is 0 Å². The Morgan fingerprint density at radius 2 is 1.82 bits per heavy atom. The van der Waals surface area contributed by atoms with E-state index in [0.717, 1.165) is 14.2 Å². The van der Waals surface area contributed by atoms with Gasteiger partial charge in [0.25, 0.3) is 5.91 Å². The molecule has 1 amide bonds. The fraction of sp³-hybridized carbons (Fsp3) is 0.238. The van der Waals surface area contributed by atoms with E-state index in [2.05, 4.69) is 15.2 Å². The molecule has 0 saturated heterocycles. The van der Waals surface area contributed by atoms with Crippen LogP contribution in [0.25, 0.3) is 22.5 Å². The fourth-order valence-corrected chi connectivity index (χ4v) is 3.37. The molecule has 0 radical (unpaired) electrons. The highest BCUT2D eigenvalue weighted by atomic mass is 19.4. The molecule has 2 heterocycles. The van der Waals surface area contributed by atoms with Crippen LogP contribution in [0.3, 0.4) is 0 Å². The Morgan fingerprint density at radius 1 is 1.09 bits per heavy atom. The highest BCUT2D eigenvalue weighted by Gasteiger charge is 2.61. The number of aryl methyl sites for hydroxylation is 1. The number of ether oxygens (including phenoxy) is 2. The minimum absolute atomic E-state index is 0.0145. The molecule has 2 aromatic carbocycles. The Bertz CT molecular complexity index is 1300. The van der Waals surface area contributed by atoms with Gasteiger partial charge >= 0.3 is 18.0 Å². The fourth-order valence-electron chi connectivity index (χ4n) is 3.37. The van der Waals surface area contributed by atoms with Gasteiger partial charge in [-0.2, -0.15) is 18.2 Å². The van der Waals surface area contributed by atoms with E-state index in [0.29, 0.717) is 16.0 Å². The van der Waals surface area contributed by atoms with Crippen LogP contribution in [0.4, 0.5) is 13.2 Å². The lowest BCUT2D eigenvalue weighted by Crippen LogP contribution is -2.61. The predicted octanol–water partition coefficient (Wildman–Crippen LogP) is 3.65. The Labute approximate surface area is 185 Å². The molecule has 2 aromatic heterocycles. The molecule has 1 N–H and O–H groups in total. The highest BCUT2D eigenvalue weighted by molar-refractivity contribution is 5.94. The standard InChI is InChI=1S/C21H18F3N5O4/c1-12-27-28-18(33-12)14-9-10-16-15(11-14)25-19(31-2)29(16)21(32-3,20(22,23)24)26-17(30)13-7-5-4-6-8-13/h4-11H,1-3H3,(H,26,30). The van der Waals surface area contributed by atoms with Crippen LogP contribution in [0.2, 0.25) is 0 Å². The number of amides is 1. The summed E-state index contributed by atoms with van der Waals surface area (Å²) in [6, 6.07) is 11.4. The Morgan fingerprint density at radius 3 is 2.39 bits per heavy atom. The van der Waals surface area contributed by atoms with Gasteiger partial charge < -0.3 is 13.9 Å². The van der Waals surface area contributed by atoms with Gasteiger partial charge in [-0.05, 0) is 30.3 Å². The first-order valence-electron chi connectivity index (χ1n) is 9.57. The van der Waals surface area contributed by atoms with Crippen LogP contribution in [0.5, 0.6) is 6.01 Å². The number of halogens is 3. The van der Waals surface area contributed by atoms with Gasteiger partial charge in [0, 0.05) is 25.2 Å². The van der Waals surface area contributed by atoms with Crippen molar-refractivity contribution in [2.75, 3.05) is 14.2 Å². The highest BCUT2D eigenvalue weighted by Crippen LogP contribution is 2.41. The zero-order valence-corrected chi connectivity index (χ0v) is 17.7. The Kier molecular flexibility index (Phi) is 5.54. The molecule has 0 bridgehead atoms. The number of carbonyl (C=O) groups is 1. The molecule has 0 aliphatic rings. The number of nitrogens with zero attached hydrogens (tertiary/aromatic N) is 4. The quantitative estimate of drug-likeness (QED) is 0.437. The summed E-state index contributed by atoms with van der Waals surface area (Å²) < 4.78 is 59.7. The van der Waals surface area contributed by atoms with Crippen molar-refractivity contribution in [3.63, 3.8) is 0 Å². The molecule has 1 unspecified atom stereocenters. The average Bonchev–Trinajstić information content (AvgIpc) is 3.40. The number of nitrogens with one attached hydrogen (secondary N) is 1. The van der Waals surface area contributed by atoms with Crippen LogP contribution < -0.4 is 10.1 Å². The van der Waals surface area contributed by atoms with E-state index < -0.39 is 23.9 Å².